The number of methoxy groups -OCH3 is 1. The lowest BCUT2D eigenvalue weighted by molar-refractivity contribution is -0.121. The Morgan fingerprint density at radius 1 is 1.14 bits per heavy atom. The van der Waals surface area contributed by atoms with E-state index in [9.17, 15) is 4.79 Å². The molecule has 0 saturated heterocycles. The maximum Gasteiger partial charge on any atom is 0.220 e. The fourth-order valence-corrected chi connectivity index (χ4v) is 2.20. The molecule has 0 radical (unpaired) electrons. The molecule has 0 heterocycles. The third-order valence-electron chi connectivity index (χ3n) is 3.18. The van der Waals surface area contributed by atoms with Crippen LogP contribution in [0, 0.1) is 0 Å². The van der Waals surface area contributed by atoms with Gasteiger partial charge in [-0.3, -0.25) is 4.79 Å². The molecule has 0 aliphatic carbocycles. The van der Waals surface area contributed by atoms with Crippen molar-refractivity contribution in [3.05, 3.63) is 64.7 Å². The molecule has 0 unspecified atom stereocenters. The zero-order valence-corrected chi connectivity index (χ0v) is 12.7. The van der Waals surface area contributed by atoms with Crippen molar-refractivity contribution in [3.8, 4) is 5.75 Å². The molecule has 4 heteroatoms. The van der Waals surface area contributed by atoms with Gasteiger partial charge in [0.05, 0.1) is 7.11 Å². The van der Waals surface area contributed by atoms with Gasteiger partial charge < -0.3 is 10.1 Å². The van der Waals surface area contributed by atoms with E-state index in [1.165, 1.54) is 0 Å². The minimum Gasteiger partial charge on any atom is -0.497 e. The lowest BCUT2D eigenvalue weighted by Gasteiger charge is -2.06. The molecule has 0 bridgehead atoms. The van der Waals surface area contributed by atoms with E-state index in [0.29, 0.717) is 24.4 Å². The van der Waals surface area contributed by atoms with E-state index < -0.39 is 0 Å². The molecule has 110 valence electrons. The summed E-state index contributed by atoms with van der Waals surface area (Å²) in [5, 5.41) is 3.58. The Labute approximate surface area is 129 Å². The summed E-state index contributed by atoms with van der Waals surface area (Å²) < 4.78 is 5.10. The average Bonchev–Trinajstić information content (AvgIpc) is 2.51. The minimum atomic E-state index is 0.0331. The van der Waals surface area contributed by atoms with Gasteiger partial charge in [-0.2, -0.15) is 0 Å². The van der Waals surface area contributed by atoms with Crippen LogP contribution in [-0.4, -0.2) is 13.0 Å². The molecule has 0 aliphatic rings. The van der Waals surface area contributed by atoms with Gasteiger partial charge in [-0.1, -0.05) is 35.9 Å². The van der Waals surface area contributed by atoms with Gasteiger partial charge in [0.25, 0.3) is 0 Å². The van der Waals surface area contributed by atoms with E-state index in [-0.39, 0.29) is 5.91 Å². The first-order chi connectivity index (χ1) is 10.2. The van der Waals surface area contributed by atoms with E-state index in [2.05, 4.69) is 5.32 Å². The number of carbonyl (C=O) groups is 1. The molecule has 2 aromatic rings. The predicted molar refractivity (Wildman–Crippen MR) is 84.6 cm³/mol. The molecule has 2 aromatic carbocycles. The van der Waals surface area contributed by atoms with Crippen molar-refractivity contribution in [2.24, 2.45) is 0 Å². The monoisotopic (exact) mass is 303 g/mol. The standard InChI is InChI=1S/C17H18ClNO2/c1-21-16-8-5-13(6-9-16)7-10-17(20)19-12-14-3-2-4-15(18)11-14/h2-6,8-9,11H,7,10,12H2,1H3,(H,19,20). The SMILES string of the molecule is COc1ccc(CCC(=O)NCc2cccc(Cl)c2)cc1. The minimum absolute atomic E-state index is 0.0331. The molecule has 0 saturated carbocycles. The summed E-state index contributed by atoms with van der Waals surface area (Å²) in [6.45, 7) is 0.502. The topological polar surface area (TPSA) is 38.3 Å². The summed E-state index contributed by atoms with van der Waals surface area (Å²) in [5.74, 6) is 0.856. The van der Waals surface area contributed by atoms with Crippen LogP contribution in [0.3, 0.4) is 0 Å². The third-order valence-corrected chi connectivity index (χ3v) is 3.41. The Kier molecular flexibility index (Phi) is 5.64. The van der Waals surface area contributed by atoms with Gasteiger partial charge in [-0.25, -0.2) is 0 Å². The lowest BCUT2D eigenvalue weighted by atomic mass is 10.1. The quantitative estimate of drug-likeness (QED) is 0.885. The molecule has 0 fully saturated rings. The maximum absolute atomic E-state index is 11.8. The zero-order valence-electron chi connectivity index (χ0n) is 11.9. The fourth-order valence-electron chi connectivity index (χ4n) is 1.99. The van der Waals surface area contributed by atoms with Gasteiger partial charge in [-0.05, 0) is 41.8 Å². The van der Waals surface area contributed by atoms with Gasteiger partial charge in [-0.15, -0.1) is 0 Å². The van der Waals surface area contributed by atoms with Crippen LogP contribution in [0.4, 0.5) is 0 Å². The largest absolute Gasteiger partial charge is 0.497 e. The first kappa shape index (κ1) is 15.4. The Balaban J connectivity index is 1.76. The van der Waals surface area contributed by atoms with Crippen LogP contribution in [0.25, 0.3) is 0 Å². The van der Waals surface area contributed by atoms with Gasteiger partial charge in [0.2, 0.25) is 5.91 Å². The predicted octanol–water partition coefficient (Wildman–Crippen LogP) is 3.60. The molecule has 1 amide bonds. The van der Waals surface area contributed by atoms with Crippen LogP contribution < -0.4 is 10.1 Å². The van der Waals surface area contributed by atoms with Gasteiger partial charge in [0, 0.05) is 18.0 Å². The van der Waals surface area contributed by atoms with Crippen molar-refractivity contribution in [1.82, 2.24) is 5.32 Å². The summed E-state index contributed by atoms with van der Waals surface area (Å²) in [6, 6.07) is 15.2. The number of halogens is 1. The van der Waals surface area contributed by atoms with Crippen molar-refractivity contribution >= 4 is 17.5 Å². The third kappa shape index (κ3) is 5.12. The average molecular weight is 304 g/mol. The maximum atomic E-state index is 11.8. The smallest absolute Gasteiger partial charge is 0.220 e. The molecule has 1 N–H and O–H groups in total. The van der Waals surface area contributed by atoms with Crippen molar-refractivity contribution < 1.29 is 9.53 Å². The van der Waals surface area contributed by atoms with Crippen LogP contribution in [0.5, 0.6) is 5.75 Å². The van der Waals surface area contributed by atoms with Crippen LogP contribution >= 0.6 is 11.6 Å². The lowest BCUT2D eigenvalue weighted by Crippen LogP contribution is -2.22. The zero-order chi connectivity index (χ0) is 15.1. The van der Waals surface area contributed by atoms with Gasteiger partial charge >= 0.3 is 0 Å². The highest BCUT2D eigenvalue weighted by molar-refractivity contribution is 6.30. The molecular weight excluding hydrogens is 286 g/mol. The highest BCUT2D eigenvalue weighted by Gasteiger charge is 2.03. The highest BCUT2D eigenvalue weighted by Crippen LogP contribution is 2.13. The molecule has 2 rings (SSSR count). The van der Waals surface area contributed by atoms with Crippen molar-refractivity contribution in [3.63, 3.8) is 0 Å². The van der Waals surface area contributed by atoms with Crippen molar-refractivity contribution in [2.75, 3.05) is 7.11 Å². The van der Waals surface area contributed by atoms with E-state index in [1.54, 1.807) is 7.11 Å². The molecule has 0 aliphatic heterocycles. The molecule has 0 aromatic heterocycles. The Morgan fingerprint density at radius 2 is 1.90 bits per heavy atom. The van der Waals surface area contributed by atoms with Crippen LogP contribution in [0.15, 0.2) is 48.5 Å². The highest BCUT2D eigenvalue weighted by atomic mass is 35.5. The number of nitrogens with one attached hydrogen (secondary N) is 1. The van der Waals surface area contributed by atoms with E-state index >= 15 is 0 Å². The number of amides is 1. The molecule has 0 atom stereocenters. The summed E-state index contributed by atoms with van der Waals surface area (Å²) >= 11 is 5.90. The fraction of sp³-hybridized carbons (Fsp3) is 0.235. The number of carbonyl (C=O) groups excluding carboxylic acids is 1. The first-order valence-corrected chi connectivity index (χ1v) is 7.19. The molecule has 0 spiro atoms. The Bertz CT molecular complexity index is 596. The number of aryl methyl sites for hydroxylation is 1. The first-order valence-electron chi connectivity index (χ1n) is 6.81. The Morgan fingerprint density at radius 3 is 2.57 bits per heavy atom. The summed E-state index contributed by atoms with van der Waals surface area (Å²) in [6.07, 6.45) is 1.18. The normalized spacial score (nSPS) is 10.2. The molecular formula is C17H18ClNO2. The molecule has 3 nitrogen and oxygen atoms in total. The van der Waals surface area contributed by atoms with E-state index in [0.717, 1.165) is 16.9 Å². The second kappa shape index (κ2) is 7.70. The van der Waals surface area contributed by atoms with Crippen LogP contribution in [0.1, 0.15) is 17.5 Å². The van der Waals surface area contributed by atoms with Crippen molar-refractivity contribution in [1.29, 1.82) is 0 Å². The number of rotatable bonds is 6. The van der Waals surface area contributed by atoms with E-state index in [1.807, 2.05) is 48.5 Å². The second-order valence-electron chi connectivity index (χ2n) is 4.75. The number of benzene rings is 2. The number of hydrogen-bond donors (Lipinski definition) is 1. The molecule has 21 heavy (non-hydrogen) atoms. The van der Waals surface area contributed by atoms with Gasteiger partial charge in [0.1, 0.15) is 5.75 Å². The van der Waals surface area contributed by atoms with Crippen molar-refractivity contribution in [2.45, 2.75) is 19.4 Å². The Hall–Kier alpha value is -2.00. The summed E-state index contributed by atoms with van der Waals surface area (Å²) in [4.78, 5) is 11.8. The van der Waals surface area contributed by atoms with Crippen LogP contribution in [0.2, 0.25) is 5.02 Å². The van der Waals surface area contributed by atoms with Gasteiger partial charge in [0.15, 0.2) is 0 Å². The summed E-state index contributed by atoms with van der Waals surface area (Å²) in [5.41, 5.74) is 2.12. The number of hydrogen-bond acceptors (Lipinski definition) is 2. The summed E-state index contributed by atoms with van der Waals surface area (Å²) in [7, 11) is 1.64. The van der Waals surface area contributed by atoms with Crippen LogP contribution in [-0.2, 0) is 17.8 Å². The number of ether oxygens (including phenoxy) is 1. The second-order valence-corrected chi connectivity index (χ2v) is 5.19. The van der Waals surface area contributed by atoms with E-state index in [4.69, 9.17) is 16.3 Å².